The summed E-state index contributed by atoms with van der Waals surface area (Å²) in [7, 11) is 0. The fourth-order valence-electron chi connectivity index (χ4n) is 2.86. The number of aromatic nitrogens is 2. The lowest BCUT2D eigenvalue weighted by Gasteiger charge is -2.36. The van der Waals surface area contributed by atoms with Crippen LogP contribution in [-0.2, 0) is 4.79 Å². The third kappa shape index (κ3) is 5.88. The van der Waals surface area contributed by atoms with Crippen molar-refractivity contribution in [1.82, 2.24) is 20.2 Å². The molecule has 1 aliphatic heterocycles. The third-order valence-corrected chi connectivity index (χ3v) is 5.23. The second-order valence-corrected chi connectivity index (χ2v) is 7.52. The molecule has 2 aromatic rings. The molecule has 3 rings (SSSR count). The molecule has 0 spiro atoms. The number of alkyl halides is 1. The molecule has 0 saturated carbocycles. The first-order chi connectivity index (χ1) is 13.3. The first-order valence-electron chi connectivity index (χ1n) is 8.93. The van der Waals surface area contributed by atoms with Gasteiger partial charge >= 0.3 is 0 Å². The Morgan fingerprint density at radius 2 is 1.90 bits per heavy atom. The summed E-state index contributed by atoms with van der Waals surface area (Å²) in [5, 5.41) is 3.47. The molecular weight excluding hydrogens is 444 g/mol. The van der Waals surface area contributed by atoms with Crippen LogP contribution in [0.25, 0.3) is 11.0 Å². The van der Waals surface area contributed by atoms with E-state index in [9.17, 15) is 14.0 Å². The molecule has 3 N–H and O–H groups in total. The van der Waals surface area contributed by atoms with Crippen LogP contribution in [0, 0.1) is 0 Å². The fraction of sp³-hybridized carbons (Fsp3) is 0.444. The molecule has 1 saturated heterocycles. The zero-order valence-electron chi connectivity index (χ0n) is 15.4. The number of fused-ring (bicyclic) bond motifs is 1. The van der Waals surface area contributed by atoms with Gasteiger partial charge in [0.2, 0.25) is 5.91 Å². The number of nitrogens with two attached hydrogens (primary N) is 1. The molecule has 1 aliphatic rings. The Hall–Kier alpha value is -1.74. The molecular formula is C18H21Cl3FN5O2. The number of benzene rings is 1. The zero-order chi connectivity index (χ0) is 20.3. The lowest BCUT2D eigenvalue weighted by Crippen LogP contribution is -2.56. The Balaban J connectivity index is 0.00000300. The lowest BCUT2D eigenvalue weighted by atomic mass is 10.1. The average Bonchev–Trinajstić information content (AvgIpc) is 2.64. The summed E-state index contributed by atoms with van der Waals surface area (Å²) < 4.78 is 12.8. The van der Waals surface area contributed by atoms with Gasteiger partial charge in [0, 0.05) is 6.54 Å². The van der Waals surface area contributed by atoms with Gasteiger partial charge in [-0.25, -0.2) is 9.37 Å². The molecule has 1 atom stereocenters. The minimum Gasteiger partial charge on any atom is -0.351 e. The molecule has 1 fully saturated rings. The van der Waals surface area contributed by atoms with Gasteiger partial charge in [-0.2, -0.15) is 0 Å². The molecule has 0 aliphatic carbocycles. The SMILES string of the molecule is Cl.N[C@@H](CCCCNC(=O)c1cnc2cc(Cl)c(Cl)cc2n1)C(=O)N1CC(F)C1. The molecule has 2 heterocycles. The minimum absolute atomic E-state index is 0. The Kier molecular flexibility index (Phi) is 8.39. The summed E-state index contributed by atoms with van der Waals surface area (Å²) >= 11 is 11.9. The Labute approximate surface area is 183 Å². The number of likely N-dealkylation sites (tertiary alicyclic amines) is 1. The fourth-order valence-corrected chi connectivity index (χ4v) is 3.18. The highest BCUT2D eigenvalue weighted by Crippen LogP contribution is 2.25. The molecule has 0 radical (unpaired) electrons. The van der Waals surface area contributed by atoms with Crippen LogP contribution >= 0.6 is 35.6 Å². The predicted octanol–water partition coefficient (Wildman–Crippen LogP) is 2.77. The smallest absolute Gasteiger partial charge is 0.271 e. The van der Waals surface area contributed by atoms with Crippen molar-refractivity contribution in [3.8, 4) is 0 Å². The van der Waals surface area contributed by atoms with E-state index in [1.165, 1.54) is 11.1 Å². The largest absolute Gasteiger partial charge is 0.351 e. The van der Waals surface area contributed by atoms with Crippen LogP contribution in [0.5, 0.6) is 0 Å². The van der Waals surface area contributed by atoms with Crippen molar-refractivity contribution >= 4 is 58.5 Å². The molecule has 0 bridgehead atoms. The van der Waals surface area contributed by atoms with E-state index in [2.05, 4.69) is 15.3 Å². The summed E-state index contributed by atoms with van der Waals surface area (Å²) in [6.07, 6.45) is 2.25. The second-order valence-electron chi connectivity index (χ2n) is 6.71. The number of hydrogen-bond acceptors (Lipinski definition) is 5. The number of nitrogens with one attached hydrogen (secondary N) is 1. The van der Waals surface area contributed by atoms with E-state index < -0.39 is 12.2 Å². The van der Waals surface area contributed by atoms with Crippen LogP contribution in [0.3, 0.4) is 0 Å². The third-order valence-electron chi connectivity index (χ3n) is 4.51. The van der Waals surface area contributed by atoms with Crippen LogP contribution < -0.4 is 11.1 Å². The van der Waals surface area contributed by atoms with Gasteiger partial charge in [0.25, 0.3) is 5.91 Å². The quantitative estimate of drug-likeness (QED) is 0.614. The molecule has 2 amide bonds. The van der Waals surface area contributed by atoms with E-state index in [-0.39, 0.29) is 43.0 Å². The van der Waals surface area contributed by atoms with Crippen LogP contribution in [0.2, 0.25) is 10.0 Å². The van der Waals surface area contributed by atoms with Gasteiger partial charge in [-0.15, -0.1) is 12.4 Å². The van der Waals surface area contributed by atoms with E-state index in [1.54, 1.807) is 12.1 Å². The van der Waals surface area contributed by atoms with Gasteiger partial charge in [0.1, 0.15) is 11.9 Å². The molecule has 158 valence electrons. The highest BCUT2D eigenvalue weighted by Gasteiger charge is 2.32. The van der Waals surface area contributed by atoms with Crippen molar-refractivity contribution in [2.24, 2.45) is 5.73 Å². The Morgan fingerprint density at radius 3 is 2.55 bits per heavy atom. The molecule has 11 heteroatoms. The van der Waals surface area contributed by atoms with Gasteiger partial charge in [0.05, 0.1) is 46.4 Å². The molecule has 1 aromatic heterocycles. The summed E-state index contributed by atoms with van der Waals surface area (Å²) in [4.78, 5) is 34.0. The van der Waals surface area contributed by atoms with Crippen molar-refractivity contribution in [3.63, 3.8) is 0 Å². The van der Waals surface area contributed by atoms with Gasteiger partial charge in [0.15, 0.2) is 0 Å². The lowest BCUT2D eigenvalue weighted by molar-refractivity contribution is -0.139. The Bertz CT molecular complexity index is 895. The van der Waals surface area contributed by atoms with E-state index in [4.69, 9.17) is 28.9 Å². The van der Waals surface area contributed by atoms with Crippen molar-refractivity contribution in [3.05, 3.63) is 34.1 Å². The first kappa shape index (κ1) is 23.5. The zero-order valence-corrected chi connectivity index (χ0v) is 17.7. The van der Waals surface area contributed by atoms with E-state index >= 15 is 0 Å². The topological polar surface area (TPSA) is 101 Å². The summed E-state index contributed by atoms with van der Waals surface area (Å²) in [6.45, 7) is 0.677. The normalized spacial score (nSPS) is 14.8. The van der Waals surface area contributed by atoms with Gasteiger partial charge in [-0.1, -0.05) is 23.2 Å². The summed E-state index contributed by atoms with van der Waals surface area (Å²) in [5.41, 5.74) is 7.05. The van der Waals surface area contributed by atoms with Crippen LogP contribution in [0.15, 0.2) is 18.3 Å². The maximum Gasteiger partial charge on any atom is 0.271 e. The highest BCUT2D eigenvalue weighted by molar-refractivity contribution is 6.42. The van der Waals surface area contributed by atoms with Gasteiger partial charge < -0.3 is 16.0 Å². The maximum atomic E-state index is 12.8. The average molecular weight is 465 g/mol. The summed E-state index contributed by atoms with van der Waals surface area (Å²) in [5.74, 6) is -0.571. The molecule has 29 heavy (non-hydrogen) atoms. The number of amides is 2. The maximum absolute atomic E-state index is 12.8. The van der Waals surface area contributed by atoms with Crippen molar-refractivity contribution < 1.29 is 14.0 Å². The monoisotopic (exact) mass is 463 g/mol. The van der Waals surface area contributed by atoms with Gasteiger partial charge in [-0.3, -0.25) is 14.6 Å². The van der Waals surface area contributed by atoms with Gasteiger partial charge in [-0.05, 0) is 31.4 Å². The standard InChI is InChI=1S/C18H20Cl2FN5O2.ClH/c19-11-5-14-15(6-12(11)20)25-16(7-24-14)17(27)23-4-2-1-3-13(22)18(28)26-8-10(21)9-26;/h5-7,10,13H,1-4,8-9,22H2,(H,23,27);1H/t13-;/m0./s1. The number of rotatable bonds is 7. The first-order valence-corrected chi connectivity index (χ1v) is 9.69. The predicted molar refractivity (Wildman–Crippen MR) is 112 cm³/mol. The number of halogens is 4. The highest BCUT2D eigenvalue weighted by atomic mass is 35.5. The second kappa shape index (κ2) is 10.3. The molecule has 0 unspecified atom stereocenters. The van der Waals surface area contributed by atoms with E-state index in [1.807, 2.05) is 0 Å². The number of unbranched alkanes of at least 4 members (excludes halogenated alkanes) is 1. The number of nitrogens with zero attached hydrogens (tertiary/aromatic N) is 3. The molecule has 1 aromatic carbocycles. The van der Waals surface area contributed by atoms with Crippen molar-refractivity contribution in [2.45, 2.75) is 31.5 Å². The van der Waals surface area contributed by atoms with Crippen LogP contribution in [0.1, 0.15) is 29.8 Å². The number of carbonyl (C=O) groups excluding carboxylic acids is 2. The van der Waals surface area contributed by atoms with E-state index in [0.29, 0.717) is 46.9 Å². The molecule has 7 nitrogen and oxygen atoms in total. The van der Waals surface area contributed by atoms with Crippen LogP contribution in [0.4, 0.5) is 4.39 Å². The van der Waals surface area contributed by atoms with Crippen molar-refractivity contribution in [1.29, 1.82) is 0 Å². The number of carbonyl (C=O) groups is 2. The number of hydrogen-bond donors (Lipinski definition) is 2. The van der Waals surface area contributed by atoms with E-state index in [0.717, 1.165) is 0 Å². The minimum atomic E-state index is -0.933. The summed E-state index contributed by atoms with van der Waals surface area (Å²) in [6, 6.07) is 2.52. The van der Waals surface area contributed by atoms with Crippen LogP contribution in [-0.4, -0.2) is 58.5 Å². The van der Waals surface area contributed by atoms with Crippen molar-refractivity contribution in [2.75, 3.05) is 19.6 Å². The Morgan fingerprint density at radius 1 is 1.24 bits per heavy atom.